The Bertz CT molecular complexity index is 459. The topological polar surface area (TPSA) is 41.6 Å². The lowest BCUT2D eigenvalue weighted by molar-refractivity contribution is 0.0709. The predicted molar refractivity (Wildman–Crippen MR) is 75.7 cm³/mol. The summed E-state index contributed by atoms with van der Waals surface area (Å²) in [4.78, 5) is 14.3. The Morgan fingerprint density at radius 3 is 2.95 bits per heavy atom. The van der Waals surface area contributed by atoms with Gasteiger partial charge in [0.15, 0.2) is 0 Å². The summed E-state index contributed by atoms with van der Waals surface area (Å²) in [5, 5.41) is 3.34. The zero-order chi connectivity index (χ0) is 13.8. The molecular formula is C15H22N2O2. The summed E-state index contributed by atoms with van der Waals surface area (Å²) in [6.07, 6.45) is 0. The molecule has 1 aromatic carbocycles. The number of carbonyl (C=O) groups excluding carboxylic acids is 1. The second-order valence-corrected chi connectivity index (χ2v) is 5.02. The first-order valence-electron chi connectivity index (χ1n) is 6.88. The van der Waals surface area contributed by atoms with E-state index in [1.807, 2.05) is 36.9 Å². The third kappa shape index (κ3) is 3.26. The molecule has 4 heteroatoms. The molecule has 2 rings (SSSR count). The molecule has 0 saturated carbocycles. The Hall–Kier alpha value is -1.55. The van der Waals surface area contributed by atoms with Crippen LogP contribution in [0.15, 0.2) is 18.2 Å². The number of aryl methyl sites for hydroxylation is 1. The SMILES string of the molecule is CCOc1ccc(C(=O)N2CCNC(C)C2)cc1C. The van der Waals surface area contributed by atoms with Crippen LogP contribution in [0.25, 0.3) is 0 Å². The molecule has 0 aromatic heterocycles. The molecule has 0 spiro atoms. The second kappa shape index (κ2) is 6.06. The quantitative estimate of drug-likeness (QED) is 0.903. The summed E-state index contributed by atoms with van der Waals surface area (Å²) < 4.78 is 5.50. The van der Waals surface area contributed by atoms with Gasteiger partial charge in [-0.05, 0) is 44.5 Å². The van der Waals surface area contributed by atoms with E-state index in [9.17, 15) is 4.79 Å². The number of amides is 1. The zero-order valence-electron chi connectivity index (χ0n) is 11.9. The molecule has 1 atom stereocenters. The summed E-state index contributed by atoms with van der Waals surface area (Å²) in [6, 6.07) is 6.02. The van der Waals surface area contributed by atoms with Crippen molar-refractivity contribution in [3.05, 3.63) is 29.3 Å². The van der Waals surface area contributed by atoms with Gasteiger partial charge < -0.3 is 15.0 Å². The van der Waals surface area contributed by atoms with Gasteiger partial charge in [-0.1, -0.05) is 0 Å². The van der Waals surface area contributed by atoms with Crippen molar-refractivity contribution in [2.24, 2.45) is 0 Å². The van der Waals surface area contributed by atoms with Gasteiger partial charge in [-0.2, -0.15) is 0 Å². The third-order valence-electron chi connectivity index (χ3n) is 3.38. The molecule has 1 heterocycles. The largest absolute Gasteiger partial charge is 0.494 e. The van der Waals surface area contributed by atoms with Gasteiger partial charge >= 0.3 is 0 Å². The van der Waals surface area contributed by atoms with Gasteiger partial charge in [0.2, 0.25) is 0 Å². The highest BCUT2D eigenvalue weighted by atomic mass is 16.5. The first kappa shape index (κ1) is 13.9. The molecule has 1 aliphatic heterocycles. The normalized spacial score (nSPS) is 19.3. The van der Waals surface area contributed by atoms with Crippen molar-refractivity contribution in [1.82, 2.24) is 10.2 Å². The second-order valence-electron chi connectivity index (χ2n) is 5.02. The van der Waals surface area contributed by atoms with Crippen molar-refractivity contribution in [2.45, 2.75) is 26.8 Å². The highest BCUT2D eigenvalue weighted by molar-refractivity contribution is 5.94. The van der Waals surface area contributed by atoms with Crippen LogP contribution in [0.2, 0.25) is 0 Å². The maximum atomic E-state index is 12.4. The minimum absolute atomic E-state index is 0.111. The average molecular weight is 262 g/mol. The van der Waals surface area contributed by atoms with E-state index in [-0.39, 0.29) is 5.91 Å². The van der Waals surface area contributed by atoms with Crippen LogP contribution in [-0.4, -0.2) is 43.1 Å². The molecule has 1 unspecified atom stereocenters. The highest BCUT2D eigenvalue weighted by Crippen LogP contribution is 2.20. The maximum absolute atomic E-state index is 12.4. The van der Waals surface area contributed by atoms with E-state index in [4.69, 9.17) is 4.74 Å². The first-order chi connectivity index (χ1) is 9.11. The van der Waals surface area contributed by atoms with Gasteiger partial charge in [-0.15, -0.1) is 0 Å². The van der Waals surface area contributed by atoms with E-state index in [1.165, 1.54) is 0 Å². The molecule has 1 aliphatic rings. The Labute approximate surface area is 114 Å². The van der Waals surface area contributed by atoms with Crippen molar-refractivity contribution in [3.63, 3.8) is 0 Å². The lowest BCUT2D eigenvalue weighted by Gasteiger charge is -2.32. The minimum atomic E-state index is 0.111. The number of nitrogens with one attached hydrogen (secondary N) is 1. The summed E-state index contributed by atoms with van der Waals surface area (Å²) in [6.45, 7) is 9.08. The van der Waals surface area contributed by atoms with Crippen molar-refractivity contribution in [1.29, 1.82) is 0 Å². The summed E-state index contributed by atoms with van der Waals surface area (Å²) >= 11 is 0. The Balaban J connectivity index is 2.12. The van der Waals surface area contributed by atoms with Gasteiger partial charge in [0.1, 0.15) is 5.75 Å². The minimum Gasteiger partial charge on any atom is -0.494 e. The van der Waals surface area contributed by atoms with E-state index >= 15 is 0 Å². The van der Waals surface area contributed by atoms with Crippen molar-refractivity contribution in [2.75, 3.05) is 26.2 Å². The standard InChI is InChI=1S/C15H22N2O2/c1-4-19-14-6-5-13(9-11(14)2)15(18)17-8-7-16-12(3)10-17/h5-6,9,12,16H,4,7-8,10H2,1-3H3. The van der Waals surface area contributed by atoms with E-state index < -0.39 is 0 Å². The fourth-order valence-electron chi connectivity index (χ4n) is 2.40. The molecule has 1 N–H and O–H groups in total. The fraction of sp³-hybridized carbons (Fsp3) is 0.533. The molecule has 1 amide bonds. The number of hydrogen-bond acceptors (Lipinski definition) is 3. The van der Waals surface area contributed by atoms with E-state index in [0.29, 0.717) is 12.6 Å². The lowest BCUT2D eigenvalue weighted by atomic mass is 10.1. The van der Waals surface area contributed by atoms with Crippen LogP contribution in [-0.2, 0) is 0 Å². The van der Waals surface area contributed by atoms with Crippen molar-refractivity contribution in [3.8, 4) is 5.75 Å². The van der Waals surface area contributed by atoms with Crippen LogP contribution in [0.1, 0.15) is 29.8 Å². The van der Waals surface area contributed by atoms with Crippen LogP contribution in [0.5, 0.6) is 5.75 Å². The van der Waals surface area contributed by atoms with Crippen molar-refractivity contribution >= 4 is 5.91 Å². The summed E-state index contributed by atoms with van der Waals surface area (Å²) in [5.74, 6) is 0.965. The molecule has 1 aromatic rings. The van der Waals surface area contributed by atoms with E-state index in [1.54, 1.807) is 0 Å². The lowest BCUT2D eigenvalue weighted by Crippen LogP contribution is -2.51. The predicted octanol–water partition coefficient (Wildman–Crippen LogP) is 1.83. The number of piperazine rings is 1. The molecule has 0 aliphatic carbocycles. The molecule has 4 nitrogen and oxygen atoms in total. The smallest absolute Gasteiger partial charge is 0.253 e. The van der Waals surface area contributed by atoms with Crippen LogP contribution in [0.3, 0.4) is 0 Å². The summed E-state index contributed by atoms with van der Waals surface area (Å²) in [7, 11) is 0. The molecule has 1 saturated heterocycles. The molecule has 0 radical (unpaired) electrons. The van der Waals surface area contributed by atoms with Crippen molar-refractivity contribution < 1.29 is 9.53 Å². The average Bonchev–Trinajstić information content (AvgIpc) is 2.40. The Kier molecular flexibility index (Phi) is 4.43. The monoisotopic (exact) mass is 262 g/mol. The number of rotatable bonds is 3. The van der Waals surface area contributed by atoms with Gasteiger partial charge in [0.05, 0.1) is 6.61 Å². The third-order valence-corrected chi connectivity index (χ3v) is 3.38. The van der Waals surface area contributed by atoms with Crippen LogP contribution < -0.4 is 10.1 Å². The fourth-order valence-corrected chi connectivity index (χ4v) is 2.40. The number of benzene rings is 1. The Morgan fingerprint density at radius 2 is 2.32 bits per heavy atom. The number of hydrogen-bond donors (Lipinski definition) is 1. The van der Waals surface area contributed by atoms with E-state index in [0.717, 1.165) is 36.5 Å². The van der Waals surface area contributed by atoms with Gasteiger partial charge in [-0.3, -0.25) is 4.79 Å². The molecule has 1 fully saturated rings. The molecule has 0 bridgehead atoms. The van der Waals surface area contributed by atoms with Crippen LogP contribution in [0, 0.1) is 6.92 Å². The zero-order valence-corrected chi connectivity index (χ0v) is 11.9. The van der Waals surface area contributed by atoms with Gasteiger partial charge in [0, 0.05) is 31.2 Å². The molecule has 104 valence electrons. The van der Waals surface area contributed by atoms with Crippen LogP contribution in [0.4, 0.5) is 0 Å². The van der Waals surface area contributed by atoms with Gasteiger partial charge in [0.25, 0.3) is 5.91 Å². The maximum Gasteiger partial charge on any atom is 0.253 e. The number of carbonyl (C=O) groups is 1. The number of nitrogens with zero attached hydrogens (tertiary/aromatic N) is 1. The first-order valence-corrected chi connectivity index (χ1v) is 6.88. The van der Waals surface area contributed by atoms with Crippen LogP contribution >= 0.6 is 0 Å². The van der Waals surface area contributed by atoms with Gasteiger partial charge in [-0.25, -0.2) is 0 Å². The molecule has 19 heavy (non-hydrogen) atoms. The summed E-state index contributed by atoms with van der Waals surface area (Å²) in [5.41, 5.74) is 1.76. The Morgan fingerprint density at radius 1 is 1.53 bits per heavy atom. The van der Waals surface area contributed by atoms with E-state index in [2.05, 4.69) is 12.2 Å². The highest BCUT2D eigenvalue weighted by Gasteiger charge is 2.21. The number of ether oxygens (including phenoxy) is 1. The molecular weight excluding hydrogens is 240 g/mol.